The number of nitrogens with one attached hydrogen (secondary N) is 1. The number of benzene rings is 1. The van der Waals surface area contributed by atoms with Crippen molar-refractivity contribution < 1.29 is 19.5 Å². The van der Waals surface area contributed by atoms with Gasteiger partial charge in [0.2, 0.25) is 11.8 Å². The van der Waals surface area contributed by atoms with E-state index in [0.29, 0.717) is 13.0 Å². The molecule has 1 aromatic rings. The molecule has 0 aromatic heterocycles. The van der Waals surface area contributed by atoms with Crippen molar-refractivity contribution >= 4 is 35.1 Å². The van der Waals surface area contributed by atoms with Gasteiger partial charge in [-0.1, -0.05) is 11.6 Å². The Balaban J connectivity index is 2.05. The van der Waals surface area contributed by atoms with Crippen molar-refractivity contribution in [2.75, 3.05) is 18.4 Å². The molecule has 0 unspecified atom stereocenters. The van der Waals surface area contributed by atoms with Crippen molar-refractivity contribution in [3.8, 4) is 0 Å². The normalized spacial score (nSPS) is 14.4. The predicted molar refractivity (Wildman–Crippen MR) is 72.9 cm³/mol. The maximum Gasteiger partial charge on any atom is 0.335 e. The minimum Gasteiger partial charge on any atom is -0.478 e. The van der Waals surface area contributed by atoms with Crippen LogP contribution in [0.15, 0.2) is 18.2 Å². The van der Waals surface area contributed by atoms with Gasteiger partial charge in [-0.25, -0.2) is 4.79 Å². The number of carboxylic acid groups (broad SMARTS) is 1. The van der Waals surface area contributed by atoms with Crippen molar-refractivity contribution in [3.63, 3.8) is 0 Å². The number of nitrogens with zero attached hydrogens (tertiary/aromatic N) is 1. The summed E-state index contributed by atoms with van der Waals surface area (Å²) in [5.41, 5.74) is 0.255. The third kappa shape index (κ3) is 3.27. The van der Waals surface area contributed by atoms with E-state index >= 15 is 0 Å². The summed E-state index contributed by atoms with van der Waals surface area (Å²) < 4.78 is 0. The Kier molecular flexibility index (Phi) is 4.24. The standard InChI is InChI=1S/C13H13ClN2O4/c14-9-4-3-8(13(19)20)6-10(9)15-11(17)7-16-5-1-2-12(16)18/h3-4,6H,1-2,5,7H2,(H,15,17)(H,19,20). The molecule has 2 N–H and O–H groups in total. The minimum absolute atomic E-state index is 0.0296. The Labute approximate surface area is 120 Å². The zero-order valence-corrected chi connectivity index (χ0v) is 11.3. The third-order valence-electron chi connectivity index (χ3n) is 2.99. The molecule has 0 aliphatic carbocycles. The number of likely N-dealkylation sites (tertiary alicyclic amines) is 1. The van der Waals surface area contributed by atoms with Crippen LogP contribution in [-0.4, -0.2) is 40.9 Å². The summed E-state index contributed by atoms with van der Waals surface area (Å²) in [5.74, 6) is -1.55. The summed E-state index contributed by atoms with van der Waals surface area (Å²) in [4.78, 5) is 35.6. The van der Waals surface area contributed by atoms with Crippen molar-refractivity contribution in [1.82, 2.24) is 4.90 Å². The van der Waals surface area contributed by atoms with Crippen LogP contribution in [0.1, 0.15) is 23.2 Å². The molecule has 1 fully saturated rings. The lowest BCUT2D eigenvalue weighted by molar-refractivity contribution is -0.131. The van der Waals surface area contributed by atoms with Crippen molar-refractivity contribution in [2.24, 2.45) is 0 Å². The van der Waals surface area contributed by atoms with Gasteiger partial charge < -0.3 is 15.3 Å². The number of hydrogen-bond donors (Lipinski definition) is 2. The number of carbonyl (C=O) groups excluding carboxylic acids is 2. The molecule has 1 aromatic carbocycles. The second-order valence-corrected chi connectivity index (χ2v) is 4.87. The predicted octanol–water partition coefficient (Wildman–Crippen LogP) is 1.60. The molecule has 0 saturated carbocycles. The molecule has 0 bridgehead atoms. The number of rotatable bonds is 4. The molecule has 1 heterocycles. The molecular weight excluding hydrogens is 284 g/mol. The van der Waals surface area contributed by atoms with Crippen molar-refractivity contribution in [2.45, 2.75) is 12.8 Å². The Morgan fingerprint density at radius 3 is 2.75 bits per heavy atom. The number of carboxylic acids is 1. The Bertz CT molecular complexity index is 573. The second-order valence-electron chi connectivity index (χ2n) is 4.47. The average molecular weight is 297 g/mol. The second kappa shape index (κ2) is 5.92. The highest BCUT2D eigenvalue weighted by Gasteiger charge is 2.22. The van der Waals surface area contributed by atoms with Crippen LogP contribution in [-0.2, 0) is 9.59 Å². The summed E-state index contributed by atoms with van der Waals surface area (Å²) in [6.45, 7) is 0.515. The number of hydrogen-bond acceptors (Lipinski definition) is 3. The Hall–Kier alpha value is -2.08. The number of halogens is 1. The van der Waals surface area contributed by atoms with E-state index in [2.05, 4.69) is 5.32 Å². The maximum atomic E-state index is 11.8. The van der Waals surface area contributed by atoms with Crippen molar-refractivity contribution in [1.29, 1.82) is 0 Å². The van der Waals surface area contributed by atoms with Gasteiger partial charge in [0, 0.05) is 13.0 Å². The molecule has 20 heavy (non-hydrogen) atoms. The van der Waals surface area contributed by atoms with Crippen LogP contribution in [0.3, 0.4) is 0 Å². The first-order chi connectivity index (χ1) is 9.47. The molecule has 0 spiro atoms. The van der Waals surface area contributed by atoms with Gasteiger partial charge in [0.05, 0.1) is 22.8 Å². The van der Waals surface area contributed by atoms with Gasteiger partial charge in [0.1, 0.15) is 0 Å². The molecule has 1 saturated heterocycles. The lowest BCUT2D eigenvalue weighted by Gasteiger charge is -2.15. The zero-order chi connectivity index (χ0) is 14.7. The monoisotopic (exact) mass is 296 g/mol. The van der Waals surface area contributed by atoms with E-state index in [-0.39, 0.29) is 28.7 Å². The van der Waals surface area contributed by atoms with E-state index in [1.807, 2.05) is 0 Å². The lowest BCUT2D eigenvalue weighted by Crippen LogP contribution is -2.34. The number of aromatic carboxylic acids is 1. The molecule has 1 aliphatic rings. The van der Waals surface area contributed by atoms with Gasteiger partial charge in [-0.15, -0.1) is 0 Å². The minimum atomic E-state index is -1.10. The molecule has 6 nitrogen and oxygen atoms in total. The number of amides is 2. The van der Waals surface area contributed by atoms with E-state index in [1.54, 1.807) is 0 Å². The van der Waals surface area contributed by atoms with Crippen LogP contribution in [0.25, 0.3) is 0 Å². The van der Waals surface area contributed by atoms with E-state index in [1.165, 1.54) is 23.1 Å². The van der Waals surface area contributed by atoms with Gasteiger partial charge in [0.25, 0.3) is 0 Å². The lowest BCUT2D eigenvalue weighted by atomic mass is 10.2. The SMILES string of the molecule is O=C(CN1CCCC1=O)Nc1cc(C(=O)O)ccc1Cl. The molecule has 2 amide bonds. The highest BCUT2D eigenvalue weighted by Crippen LogP contribution is 2.23. The Morgan fingerprint density at radius 2 is 2.15 bits per heavy atom. The topological polar surface area (TPSA) is 86.7 Å². The summed E-state index contributed by atoms with van der Waals surface area (Å²) >= 11 is 5.90. The van der Waals surface area contributed by atoms with Crippen LogP contribution in [0.5, 0.6) is 0 Å². The van der Waals surface area contributed by atoms with E-state index in [4.69, 9.17) is 16.7 Å². The van der Waals surface area contributed by atoms with E-state index in [9.17, 15) is 14.4 Å². The molecule has 7 heteroatoms. The first-order valence-corrected chi connectivity index (χ1v) is 6.45. The molecule has 106 valence electrons. The van der Waals surface area contributed by atoms with Gasteiger partial charge in [0.15, 0.2) is 0 Å². The molecule has 1 aliphatic heterocycles. The van der Waals surface area contributed by atoms with Crippen LogP contribution in [0, 0.1) is 0 Å². The molecule has 0 atom stereocenters. The third-order valence-corrected chi connectivity index (χ3v) is 3.32. The number of carbonyl (C=O) groups is 3. The van der Waals surface area contributed by atoms with Gasteiger partial charge in [-0.2, -0.15) is 0 Å². The smallest absolute Gasteiger partial charge is 0.335 e. The highest BCUT2D eigenvalue weighted by atomic mass is 35.5. The fourth-order valence-corrected chi connectivity index (χ4v) is 2.15. The number of anilines is 1. The summed E-state index contributed by atoms with van der Waals surface area (Å²) in [5, 5.41) is 11.7. The largest absolute Gasteiger partial charge is 0.478 e. The fraction of sp³-hybridized carbons (Fsp3) is 0.308. The van der Waals surface area contributed by atoms with Crippen LogP contribution < -0.4 is 5.32 Å². The first kappa shape index (κ1) is 14.3. The summed E-state index contributed by atoms with van der Waals surface area (Å²) in [6, 6.07) is 4.04. The quantitative estimate of drug-likeness (QED) is 0.883. The van der Waals surface area contributed by atoms with E-state index in [0.717, 1.165) is 6.42 Å². The van der Waals surface area contributed by atoms with Gasteiger partial charge >= 0.3 is 5.97 Å². The molecule has 2 rings (SSSR count). The van der Waals surface area contributed by atoms with Crippen LogP contribution in [0.2, 0.25) is 5.02 Å². The van der Waals surface area contributed by atoms with Gasteiger partial charge in [-0.05, 0) is 24.6 Å². The van der Waals surface area contributed by atoms with E-state index < -0.39 is 11.9 Å². The molecule has 0 radical (unpaired) electrons. The zero-order valence-electron chi connectivity index (χ0n) is 10.6. The highest BCUT2D eigenvalue weighted by molar-refractivity contribution is 6.33. The van der Waals surface area contributed by atoms with Gasteiger partial charge in [-0.3, -0.25) is 9.59 Å². The summed E-state index contributed by atoms with van der Waals surface area (Å²) in [7, 11) is 0. The summed E-state index contributed by atoms with van der Waals surface area (Å²) in [6.07, 6.45) is 1.21. The average Bonchev–Trinajstić information content (AvgIpc) is 2.77. The van der Waals surface area contributed by atoms with Crippen LogP contribution in [0.4, 0.5) is 5.69 Å². The maximum absolute atomic E-state index is 11.8. The fourth-order valence-electron chi connectivity index (χ4n) is 1.99. The Morgan fingerprint density at radius 1 is 1.40 bits per heavy atom. The first-order valence-electron chi connectivity index (χ1n) is 6.08. The molecular formula is C13H13ClN2O4. The van der Waals surface area contributed by atoms with Crippen LogP contribution >= 0.6 is 11.6 Å². The van der Waals surface area contributed by atoms with Crippen molar-refractivity contribution in [3.05, 3.63) is 28.8 Å².